The number of aliphatic hydroxyl groups excluding tert-OH is 1. The van der Waals surface area contributed by atoms with Gasteiger partial charge in [0.05, 0.1) is 16.8 Å². The SMILES string of the molecule is C=CCCC(O)CS(=O)(=O)c1ccc(C)cc1. The van der Waals surface area contributed by atoms with Crippen LogP contribution >= 0.6 is 0 Å². The number of rotatable bonds is 6. The molecule has 0 bridgehead atoms. The fraction of sp³-hybridized carbons (Fsp3) is 0.385. The van der Waals surface area contributed by atoms with E-state index in [4.69, 9.17) is 0 Å². The standard InChI is InChI=1S/C13H18O3S/c1-3-4-5-12(14)10-17(15,16)13-8-6-11(2)7-9-13/h3,6-9,12,14H,1,4-5,10H2,2H3. The first-order valence-electron chi connectivity index (χ1n) is 5.54. The molecule has 94 valence electrons. The van der Waals surface area contributed by atoms with Crippen LogP contribution in [0.5, 0.6) is 0 Å². The Hall–Kier alpha value is -1.13. The highest BCUT2D eigenvalue weighted by Gasteiger charge is 2.18. The van der Waals surface area contributed by atoms with Crippen molar-refractivity contribution in [2.24, 2.45) is 0 Å². The zero-order valence-electron chi connectivity index (χ0n) is 9.96. The van der Waals surface area contributed by atoms with Crippen molar-refractivity contribution >= 4 is 9.84 Å². The third-order valence-electron chi connectivity index (χ3n) is 2.50. The summed E-state index contributed by atoms with van der Waals surface area (Å²) in [6.45, 7) is 5.43. The highest BCUT2D eigenvalue weighted by Crippen LogP contribution is 2.14. The molecule has 3 nitrogen and oxygen atoms in total. The fourth-order valence-electron chi connectivity index (χ4n) is 1.49. The van der Waals surface area contributed by atoms with Crippen molar-refractivity contribution in [3.8, 4) is 0 Å². The third-order valence-corrected chi connectivity index (χ3v) is 4.31. The lowest BCUT2D eigenvalue weighted by atomic mass is 10.2. The first-order chi connectivity index (χ1) is 7.95. The molecule has 0 saturated heterocycles. The van der Waals surface area contributed by atoms with Crippen LogP contribution in [0.4, 0.5) is 0 Å². The van der Waals surface area contributed by atoms with E-state index in [-0.39, 0.29) is 10.6 Å². The van der Waals surface area contributed by atoms with Gasteiger partial charge in [0, 0.05) is 0 Å². The molecule has 0 heterocycles. The Kier molecular flexibility index (Phi) is 4.90. The van der Waals surface area contributed by atoms with Gasteiger partial charge in [-0.15, -0.1) is 6.58 Å². The minimum absolute atomic E-state index is 0.232. The Labute approximate surface area is 103 Å². The minimum atomic E-state index is -3.39. The summed E-state index contributed by atoms with van der Waals surface area (Å²) < 4.78 is 23.9. The molecule has 0 aromatic heterocycles. The van der Waals surface area contributed by atoms with Gasteiger partial charge in [-0.2, -0.15) is 0 Å². The molecule has 0 aliphatic carbocycles. The molecule has 0 fully saturated rings. The van der Waals surface area contributed by atoms with Crippen LogP contribution in [-0.2, 0) is 9.84 Å². The van der Waals surface area contributed by atoms with Gasteiger partial charge in [-0.1, -0.05) is 23.8 Å². The number of allylic oxidation sites excluding steroid dienone is 1. The second kappa shape index (κ2) is 5.98. The molecule has 0 spiro atoms. The number of sulfone groups is 1. The summed E-state index contributed by atoms with van der Waals surface area (Å²) in [6, 6.07) is 6.65. The van der Waals surface area contributed by atoms with Crippen LogP contribution in [-0.4, -0.2) is 25.4 Å². The Bertz CT molecular complexity index is 460. The maximum absolute atomic E-state index is 11.9. The number of benzene rings is 1. The lowest BCUT2D eigenvalue weighted by molar-refractivity contribution is 0.188. The van der Waals surface area contributed by atoms with Gasteiger partial charge in [0.2, 0.25) is 0 Å². The lowest BCUT2D eigenvalue weighted by Gasteiger charge is -2.10. The zero-order chi connectivity index (χ0) is 12.9. The molecule has 0 aliphatic rings. The zero-order valence-corrected chi connectivity index (χ0v) is 10.8. The van der Waals surface area contributed by atoms with E-state index in [2.05, 4.69) is 6.58 Å². The quantitative estimate of drug-likeness (QED) is 0.791. The summed E-state index contributed by atoms with van der Waals surface area (Å²) in [5.41, 5.74) is 1.01. The van der Waals surface area contributed by atoms with E-state index in [9.17, 15) is 13.5 Å². The topological polar surface area (TPSA) is 54.4 Å². The number of aryl methyl sites for hydroxylation is 1. The molecular formula is C13H18O3S. The fourth-order valence-corrected chi connectivity index (χ4v) is 2.91. The first kappa shape index (κ1) is 13.9. The summed E-state index contributed by atoms with van der Waals surface area (Å²) >= 11 is 0. The summed E-state index contributed by atoms with van der Waals surface area (Å²) in [5, 5.41) is 9.60. The van der Waals surface area contributed by atoms with Crippen LogP contribution in [0.15, 0.2) is 41.8 Å². The van der Waals surface area contributed by atoms with Gasteiger partial charge in [0.15, 0.2) is 9.84 Å². The molecule has 17 heavy (non-hydrogen) atoms. The third kappa shape index (κ3) is 4.32. The second-order valence-electron chi connectivity index (χ2n) is 4.11. The van der Waals surface area contributed by atoms with Crippen molar-refractivity contribution in [2.45, 2.75) is 30.8 Å². The predicted octanol–water partition coefficient (Wildman–Crippen LogP) is 2.10. The van der Waals surface area contributed by atoms with Gasteiger partial charge in [-0.05, 0) is 31.9 Å². The average molecular weight is 254 g/mol. The molecule has 4 heteroatoms. The van der Waals surface area contributed by atoms with Gasteiger partial charge in [-0.25, -0.2) is 8.42 Å². The van der Waals surface area contributed by atoms with E-state index >= 15 is 0 Å². The maximum Gasteiger partial charge on any atom is 0.180 e. The summed E-state index contributed by atoms with van der Waals surface area (Å²) in [7, 11) is -3.39. The van der Waals surface area contributed by atoms with Crippen molar-refractivity contribution in [3.05, 3.63) is 42.5 Å². The second-order valence-corrected chi connectivity index (χ2v) is 6.15. The van der Waals surface area contributed by atoms with Gasteiger partial charge < -0.3 is 5.11 Å². The van der Waals surface area contributed by atoms with Crippen molar-refractivity contribution in [2.75, 3.05) is 5.75 Å². The summed E-state index contributed by atoms with van der Waals surface area (Å²) in [6.07, 6.45) is 1.88. The maximum atomic E-state index is 11.9. The number of hydrogen-bond donors (Lipinski definition) is 1. The van der Waals surface area contributed by atoms with Crippen LogP contribution in [0, 0.1) is 6.92 Å². The normalized spacial score (nSPS) is 13.3. The molecule has 1 aromatic rings. The summed E-state index contributed by atoms with van der Waals surface area (Å²) in [5.74, 6) is -0.232. The highest BCUT2D eigenvalue weighted by molar-refractivity contribution is 7.91. The molecule has 1 rings (SSSR count). The monoisotopic (exact) mass is 254 g/mol. The number of aliphatic hydroxyl groups is 1. The van der Waals surface area contributed by atoms with Crippen molar-refractivity contribution in [1.82, 2.24) is 0 Å². The molecule has 0 aliphatic heterocycles. The van der Waals surface area contributed by atoms with Crippen molar-refractivity contribution < 1.29 is 13.5 Å². The molecule has 1 aromatic carbocycles. The van der Waals surface area contributed by atoms with Crippen LogP contribution in [0.2, 0.25) is 0 Å². The van der Waals surface area contributed by atoms with Crippen molar-refractivity contribution in [3.63, 3.8) is 0 Å². The Balaban J connectivity index is 2.74. The van der Waals surface area contributed by atoms with Gasteiger partial charge in [-0.3, -0.25) is 0 Å². The van der Waals surface area contributed by atoms with E-state index in [1.165, 1.54) is 0 Å². The molecular weight excluding hydrogens is 236 g/mol. The molecule has 0 amide bonds. The summed E-state index contributed by atoms with van der Waals surface area (Å²) in [4.78, 5) is 0.265. The van der Waals surface area contributed by atoms with Gasteiger partial charge in [0.25, 0.3) is 0 Å². The van der Waals surface area contributed by atoms with E-state index in [0.717, 1.165) is 5.56 Å². The van der Waals surface area contributed by atoms with E-state index < -0.39 is 15.9 Å². The van der Waals surface area contributed by atoms with Crippen LogP contribution in [0.25, 0.3) is 0 Å². The smallest absolute Gasteiger partial charge is 0.180 e. The highest BCUT2D eigenvalue weighted by atomic mass is 32.2. The predicted molar refractivity (Wildman–Crippen MR) is 68.7 cm³/mol. The van der Waals surface area contributed by atoms with E-state index in [0.29, 0.717) is 12.8 Å². The molecule has 0 radical (unpaired) electrons. The molecule has 1 unspecified atom stereocenters. The number of hydrogen-bond acceptors (Lipinski definition) is 3. The minimum Gasteiger partial charge on any atom is -0.392 e. The largest absolute Gasteiger partial charge is 0.392 e. The van der Waals surface area contributed by atoms with Crippen LogP contribution in [0.1, 0.15) is 18.4 Å². The Morgan fingerprint density at radius 2 is 1.94 bits per heavy atom. The Morgan fingerprint density at radius 3 is 2.47 bits per heavy atom. The van der Waals surface area contributed by atoms with E-state index in [1.54, 1.807) is 30.3 Å². The van der Waals surface area contributed by atoms with Crippen LogP contribution < -0.4 is 0 Å². The Morgan fingerprint density at radius 1 is 1.35 bits per heavy atom. The van der Waals surface area contributed by atoms with Crippen molar-refractivity contribution in [1.29, 1.82) is 0 Å². The first-order valence-corrected chi connectivity index (χ1v) is 7.19. The lowest BCUT2D eigenvalue weighted by Crippen LogP contribution is -2.20. The molecule has 1 N–H and O–H groups in total. The van der Waals surface area contributed by atoms with E-state index in [1.807, 2.05) is 6.92 Å². The average Bonchev–Trinajstić information content (AvgIpc) is 2.26. The molecule has 1 atom stereocenters. The van der Waals surface area contributed by atoms with Gasteiger partial charge >= 0.3 is 0 Å². The van der Waals surface area contributed by atoms with Crippen LogP contribution in [0.3, 0.4) is 0 Å². The molecule has 0 saturated carbocycles. The van der Waals surface area contributed by atoms with Gasteiger partial charge in [0.1, 0.15) is 0 Å².